The maximum absolute atomic E-state index is 6.01. The fraction of sp³-hybridized carbons (Fsp3) is 0.0769. The number of methoxy groups -OCH3 is 1. The average Bonchev–Trinajstić information content (AvgIpc) is 3.01. The predicted octanol–water partition coefficient (Wildman–Crippen LogP) is 1.97. The highest BCUT2D eigenvalue weighted by Crippen LogP contribution is 2.29. The second-order valence-corrected chi connectivity index (χ2v) is 4.54. The molecule has 0 fully saturated rings. The Balaban J connectivity index is 2.10. The van der Waals surface area contributed by atoms with Gasteiger partial charge in [-0.15, -0.1) is 0 Å². The third kappa shape index (κ3) is 2.63. The van der Waals surface area contributed by atoms with Crippen molar-refractivity contribution in [2.45, 2.75) is 0 Å². The molecular formula is C13H11ClN6O. The molecule has 7 nitrogen and oxygen atoms in total. The number of nitrogens with zero attached hydrogens (tertiary/aromatic N) is 5. The highest BCUT2D eigenvalue weighted by molar-refractivity contribution is 6.32. The lowest BCUT2D eigenvalue weighted by Gasteiger charge is -2.07. The number of aromatic nitrogens is 5. The molecule has 2 aromatic heterocycles. The minimum absolute atomic E-state index is 0.123. The summed E-state index contributed by atoms with van der Waals surface area (Å²) in [6, 6.07) is 5.25. The van der Waals surface area contributed by atoms with Crippen LogP contribution in [0.25, 0.3) is 17.3 Å². The molecule has 21 heavy (non-hydrogen) atoms. The summed E-state index contributed by atoms with van der Waals surface area (Å²) >= 11 is 6.01. The van der Waals surface area contributed by atoms with Crippen LogP contribution in [-0.2, 0) is 0 Å². The van der Waals surface area contributed by atoms with E-state index >= 15 is 0 Å². The van der Waals surface area contributed by atoms with Gasteiger partial charge in [0, 0.05) is 18.0 Å². The van der Waals surface area contributed by atoms with Gasteiger partial charge in [-0.3, -0.25) is 4.57 Å². The van der Waals surface area contributed by atoms with Crippen molar-refractivity contribution >= 4 is 17.5 Å². The first-order valence-corrected chi connectivity index (χ1v) is 6.39. The van der Waals surface area contributed by atoms with E-state index in [0.717, 1.165) is 5.56 Å². The minimum atomic E-state index is 0.123. The molecule has 106 valence electrons. The standard InChI is InChI=1S/C13H11ClN6O/c1-21-10-6-8(2-3-9(10)14)11-17-12(15)19-13(18-11)20-5-4-16-7-20/h2-7H,1H3,(H2,15,17,18,19). The zero-order chi connectivity index (χ0) is 14.8. The van der Waals surface area contributed by atoms with Gasteiger partial charge in [-0.2, -0.15) is 15.0 Å². The van der Waals surface area contributed by atoms with Crippen LogP contribution in [0.5, 0.6) is 5.75 Å². The van der Waals surface area contributed by atoms with Crippen LogP contribution in [0.3, 0.4) is 0 Å². The zero-order valence-electron chi connectivity index (χ0n) is 11.1. The van der Waals surface area contributed by atoms with E-state index in [0.29, 0.717) is 22.5 Å². The van der Waals surface area contributed by atoms with E-state index in [1.807, 2.05) is 0 Å². The number of hydrogen-bond acceptors (Lipinski definition) is 6. The number of benzene rings is 1. The van der Waals surface area contributed by atoms with Gasteiger partial charge in [0.1, 0.15) is 12.1 Å². The normalized spacial score (nSPS) is 10.6. The molecule has 2 heterocycles. The first kappa shape index (κ1) is 13.3. The fourth-order valence-corrected chi connectivity index (χ4v) is 2.00. The summed E-state index contributed by atoms with van der Waals surface area (Å²) in [5, 5.41) is 0.512. The zero-order valence-corrected chi connectivity index (χ0v) is 11.8. The van der Waals surface area contributed by atoms with Crippen molar-refractivity contribution < 1.29 is 4.74 Å². The van der Waals surface area contributed by atoms with Crippen LogP contribution in [0.15, 0.2) is 36.9 Å². The summed E-state index contributed by atoms with van der Waals surface area (Å²) in [4.78, 5) is 16.6. The number of hydrogen-bond donors (Lipinski definition) is 1. The van der Waals surface area contributed by atoms with E-state index in [4.69, 9.17) is 22.1 Å². The molecule has 0 saturated carbocycles. The van der Waals surface area contributed by atoms with Gasteiger partial charge in [0.25, 0.3) is 0 Å². The quantitative estimate of drug-likeness (QED) is 0.795. The van der Waals surface area contributed by atoms with Gasteiger partial charge in [-0.1, -0.05) is 11.6 Å². The minimum Gasteiger partial charge on any atom is -0.495 e. The van der Waals surface area contributed by atoms with Crippen molar-refractivity contribution in [3.05, 3.63) is 41.9 Å². The molecule has 3 rings (SSSR count). The number of rotatable bonds is 3. The molecule has 8 heteroatoms. The summed E-state index contributed by atoms with van der Waals surface area (Å²) < 4.78 is 6.84. The Morgan fingerprint density at radius 2 is 2.10 bits per heavy atom. The number of halogens is 1. The van der Waals surface area contributed by atoms with Crippen LogP contribution in [-0.4, -0.2) is 31.6 Å². The third-order valence-electron chi connectivity index (χ3n) is 2.79. The van der Waals surface area contributed by atoms with E-state index in [2.05, 4.69) is 19.9 Å². The van der Waals surface area contributed by atoms with Crippen molar-refractivity contribution in [2.24, 2.45) is 0 Å². The van der Waals surface area contributed by atoms with Crippen LogP contribution < -0.4 is 10.5 Å². The fourth-order valence-electron chi connectivity index (χ4n) is 1.80. The Labute approximate surface area is 125 Å². The Hall–Kier alpha value is -2.67. The van der Waals surface area contributed by atoms with Crippen molar-refractivity contribution in [2.75, 3.05) is 12.8 Å². The molecule has 0 amide bonds. The maximum Gasteiger partial charge on any atom is 0.240 e. The van der Waals surface area contributed by atoms with E-state index in [1.165, 1.54) is 0 Å². The maximum atomic E-state index is 6.01. The molecule has 0 aliphatic rings. The molecule has 2 N–H and O–H groups in total. The molecule has 1 aromatic carbocycles. The number of nitrogens with two attached hydrogens (primary N) is 1. The Morgan fingerprint density at radius 3 is 2.81 bits per heavy atom. The van der Waals surface area contributed by atoms with Crippen LogP contribution in [0.4, 0.5) is 5.95 Å². The summed E-state index contributed by atoms with van der Waals surface area (Å²) in [6.07, 6.45) is 4.94. The number of imidazole rings is 1. The number of nitrogen functional groups attached to an aromatic ring is 1. The predicted molar refractivity (Wildman–Crippen MR) is 78.4 cm³/mol. The van der Waals surface area contributed by atoms with Gasteiger partial charge in [-0.25, -0.2) is 4.98 Å². The van der Waals surface area contributed by atoms with E-state index in [9.17, 15) is 0 Å². The average molecular weight is 303 g/mol. The summed E-state index contributed by atoms with van der Waals surface area (Å²) in [6.45, 7) is 0. The lowest BCUT2D eigenvalue weighted by atomic mass is 10.2. The third-order valence-corrected chi connectivity index (χ3v) is 3.10. The molecule has 3 aromatic rings. The Kier molecular flexibility index (Phi) is 3.41. The van der Waals surface area contributed by atoms with Crippen LogP contribution in [0.2, 0.25) is 5.02 Å². The van der Waals surface area contributed by atoms with Crippen molar-refractivity contribution in [3.8, 4) is 23.1 Å². The topological polar surface area (TPSA) is 91.7 Å². The molecule has 0 unspecified atom stereocenters. The van der Waals surface area contributed by atoms with Gasteiger partial charge in [0.15, 0.2) is 5.82 Å². The van der Waals surface area contributed by atoms with Crippen molar-refractivity contribution in [3.63, 3.8) is 0 Å². The van der Waals surface area contributed by atoms with Gasteiger partial charge >= 0.3 is 0 Å². The highest BCUT2D eigenvalue weighted by atomic mass is 35.5. The summed E-state index contributed by atoms with van der Waals surface area (Å²) in [7, 11) is 1.55. The molecule has 0 atom stereocenters. The smallest absolute Gasteiger partial charge is 0.240 e. The second kappa shape index (κ2) is 5.37. The number of anilines is 1. The van der Waals surface area contributed by atoms with Gasteiger partial charge in [0.05, 0.1) is 12.1 Å². The van der Waals surface area contributed by atoms with Crippen molar-refractivity contribution in [1.29, 1.82) is 0 Å². The lowest BCUT2D eigenvalue weighted by Crippen LogP contribution is -2.06. The lowest BCUT2D eigenvalue weighted by molar-refractivity contribution is 0.415. The van der Waals surface area contributed by atoms with Gasteiger partial charge in [-0.05, 0) is 18.2 Å². The molecule has 0 radical (unpaired) electrons. The molecule has 0 spiro atoms. The first-order valence-electron chi connectivity index (χ1n) is 6.01. The Bertz CT molecular complexity index is 774. The van der Waals surface area contributed by atoms with E-state index in [1.54, 1.807) is 48.6 Å². The van der Waals surface area contributed by atoms with Crippen molar-refractivity contribution in [1.82, 2.24) is 24.5 Å². The van der Waals surface area contributed by atoms with Crippen LogP contribution in [0, 0.1) is 0 Å². The highest BCUT2D eigenvalue weighted by Gasteiger charge is 2.10. The van der Waals surface area contributed by atoms with Gasteiger partial charge in [0.2, 0.25) is 11.9 Å². The van der Waals surface area contributed by atoms with Gasteiger partial charge < -0.3 is 10.5 Å². The Morgan fingerprint density at radius 1 is 1.24 bits per heavy atom. The van der Waals surface area contributed by atoms with Crippen LogP contribution in [0.1, 0.15) is 0 Å². The largest absolute Gasteiger partial charge is 0.495 e. The summed E-state index contributed by atoms with van der Waals surface area (Å²) in [5.41, 5.74) is 6.48. The monoisotopic (exact) mass is 302 g/mol. The molecule has 0 aliphatic heterocycles. The van der Waals surface area contributed by atoms with E-state index in [-0.39, 0.29) is 5.95 Å². The molecule has 0 bridgehead atoms. The first-order chi connectivity index (χ1) is 10.2. The van der Waals surface area contributed by atoms with Crippen LogP contribution >= 0.6 is 11.6 Å². The molecule has 0 saturated heterocycles. The van der Waals surface area contributed by atoms with E-state index < -0.39 is 0 Å². The molecular weight excluding hydrogens is 292 g/mol. The number of ether oxygens (including phenoxy) is 1. The SMILES string of the molecule is COc1cc(-c2nc(N)nc(-n3ccnc3)n2)ccc1Cl. The molecule has 0 aliphatic carbocycles. The second-order valence-electron chi connectivity index (χ2n) is 4.14. The summed E-state index contributed by atoms with van der Waals surface area (Å²) in [5.74, 6) is 1.49.